The lowest BCUT2D eigenvalue weighted by atomic mass is 9.87. The number of rotatable bonds is 5. The fourth-order valence-corrected chi connectivity index (χ4v) is 3.99. The van der Waals surface area contributed by atoms with Crippen LogP contribution in [0.25, 0.3) is 0 Å². The van der Waals surface area contributed by atoms with E-state index in [1.54, 1.807) is 29.4 Å². The SMILES string of the molecule is O=C(NCC1(CO)CCCC1)C1CCCN(C(=O)c2ccncc2)C1. The standard InChI is InChI=1S/C19H27N3O3/c23-14-19(7-1-2-8-19)13-21-17(24)16-4-3-11-22(12-16)18(25)15-5-9-20-10-6-15/h5-6,9-10,16,23H,1-4,7-8,11-14H2,(H,21,24). The molecule has 6 nitrogen and oxygen atoms in total. The molecule has 1 aromatic heterocycles. The quantitative estimate of drug-likeness (QED) is 0.849. The van der Waals surface area contributed by atoms with Crippen molar-refractivity contribution in [3.8, 4) is 0 Å². The summed E-state index contributed by atoms with van der Waals surface area (Å²) in [7, 11) is 0. The van der Waals surface area contributed by atoms with E-state index in [0.717, 1.165) is 38.5 Å². The highest BCUT2D eigenvalue weighted by atomic mass is 16.3. The molecule has 1 saturated heterocycles. The topological polar surface area (TPSA) is 82.5 Å². The van der Waals surface area contributed by atoms with E-state index in [0.29, 0.717) is 25.2 Å². The molecule has 0 radical (unpaired) electrons. The number of carbonyl (C=O) groups excluding carboxylic acids is 2. The fraction of sp³-hybridized carbons (Fsp3) is 0.632. The summed E-state index contributed by atoms with van der Waals surface area (Å²) < 4.78 is 0. The first-order chi connectivity index (χ1) is 12.1. The van der Waals surface area contributed by atoms with Gasteiger partial charge in [-0.15, -0.1) is 0 Å². The Morgan fingerprint density at radius 3 is 2.64 bits per heavy atom. The molecule has 2 fully saturated rings. The predicted octanol–water partition coefficient (Wildman–Crippen LogP) is 1.60. The molecule has 6 heteroatoms. The monoisotopic (exact) mass is 345 g/mol. The second-order valence-electron chi connectivity index (χ2n) is 7.41. The molecule has 25 heavy (non-hydrogen) atoms. The number of likely N-dealkylation sites (tertiary alicyclic amines) is 1. The lowest BCUT2D eigenvalue weighted by Crippen LogP contribution is -2.47. The third kappa shape index (κ3) is 4.18. The molecule has 0 bridgehead atoms. The molecule has 2 aliphatic rings. The van der Waals surface area contributed by atoms with Gasteiger partial charge < -0.3 is 15.3 Å². The number of pyridine rings is 1. The summed E-state index contributed by atoms with van der Waals surface area (Å²) in [5.74, 6) is -0.203. The van der Waals surface area contributed by atoms with E-state index in [4.69, 9.17) is 0 Å². The van der Waals surface area contributed by atoms with Gasteiger partial charge in [0.05, 0.1) is 12.5 Å². The third-order valence-electron chi connectivity index (χ3n) is 5.64. The normalized spacial score (nSPS) is 22.6. The minimum atomic E-state index is -0.170. The van der Waals surface area contributed by atoms with Crippen LogP contribution in [-0.4, -0.2) is 53.0 Å². The highest BCUT2D eigenvalue weighted by Crippen LogP contribution is 2.37. The molecule has 2 amide bonds. The van der Waals surface area contributed by atoms with Crippen molar-refractivity contribution in [2.45, 2.75) is 38.5 Å². The van der Waals surface area contributed by atoms with Crippen LogP contribution in [0, 0.1) is 11.3 Å². The number of carbonyl (C=O) groups is 2. The van der Waals surface area contributed by atoms with Crippen LogP contribution in [0.2, 0.25) is 0 Å². The van der Waals surface area contributed by atoms with Gasteiger partial charge in [0.1, 0.15) is 0 Å². The van der Waals surface area contributed by atoms with Gasteiger partial charge in [-0.2, -0.15) is 0 Å². The highest BCUT2D eigenvalue weighted by Gasteiger charge is 2.35. The summed E-state index contributed by atoms with van der Waals surface area (Å²) in [4.78, 5) is 30.8. The molecule has 0 spiro atoms. The minimum absolute atomic E-state index is 0.00644. The maximum Gasteiger partial charge on any atom is 0.253 e. The minimum Gasteiger partial charge on any atom is -0.396 e. The molecule has 2 heterocycles. The van der Waals surface area contributed by atoms with E-state index in [9.17, 15) is 14.7 Å². The molecule has 1 unspecified atom stereocenters. The zero-order valence-electron chi connectivity index (χ0n) is 14.6. The van der Waals surface area contributed by atoms with Crippen molar-refractivity contribution in [1.29, 1.82) is 0 Å². The zero-order chi connectivity index (χ0) is 17.7. The second-order valence-corrected chi connectivity index (χ2v) is 7.41. The molecule has 3 rings (SSSR count). The maximum atomic E-state index is 12.6. The Morgan fingerprint density at radius 1 is 1.24 bits per heavy atom. The Balaban J connectivity index is 1.55. The van der Waals surface area contributed by atoms with Gasteiger partial charge in [0.15, 0.2) is 0 Å². The van der Waals surface area contributed by atoms with Crippen LogP contribution < -0.4 is 5.32 Å². The average molecular weight is 345 g/mol. The largest absolute Gasteiger partial charge is 0.396 e. The van der Waals surface area contributed by atoms with Gasteiger partial charge in [0.25, 0.3) is 5.91 Å². The van der Waals surface area contributed by atoms with Gasteiger partial charge in [-0.25, -0.2) is 0 Å². The van der Waals surface area contributed by atoms with Crippen LogP contribution in [0.4, 0.5) is 0 Å². The van der Waals surface area contributed by atoms with E-state index >= 15 is 0 Å². The van der Waals surface area contributed by atoms with Crippen molar-refractivity contribution < 1.29 is 14.7 Å². The number of hydrogen-bond donors (Lipinski definition) is 2. The molecule has 136 valence electrons. The Bertz CT molecular complexity index is 599. The van der Waals surface area contributed by atoms with Crippen molar-refractivity contribution >= 4 is 11.8 Å². The number of piperidine rings is 1. The van der Waals surface area contributed by atoms with E-state index in [1.165, 1.54) is 0 Å². The molecule has 1 aliphatic heterocycles. The van der Waals surface area contributed by atoms with Gasteiger partial charge in [0, 0.05) is 43.0 Å². The first-order valence-corrected chi connectivity index (χ1v) is 9.21. The summed E-state index contributed by atoms with van der Waals surface area (Å²) >= 11 is 0. The molecular formula is C19H27N3O3. The molecule has 1 aliphatic carbocycles. The van der Waals surface area contributed by atoms with E-state index < -0.39 is 0 Å². The summed E-state index contributed by atoms with van der Waals surface area (Å²) in [5.41, 5.74) is 0.470. The summed E-state index contributed by atoms with van der Waals surface area (Å²) in [5, 5.41) is 12.7. The molecule has 2 N–H and O–H groups in total. The molecule has 1 atom stereocenters. The smallest absolute Gasteiger partial charge is 0.253 e. The van der Waals surface area contributed by atoms with Gasteiger partial charge in [-0.05, 0) is 37.8 Å². The number of aliphatic hydroxyl groups is 1. The van der Waals surface area contributed by atoms with E-state index in [-0.39, 0.29) is 29.8 Å². The van der Waals surface area contributed by atoms with Crippen LogP contribution in [0.3, 0.4) is 0 Å². The molecule has 1 aromatic rings. The molecule has 1 saturated carbocycles. The van der Waals surface area contributed by atoms with Gasteiger partial charge in [-0.1, -0.05) is 12.8 Å². The van der Waals surface area contributed by atoms with Crippen molar-refractivity contribution in [3.05, 3.63) is 30.1 Å². The molecule has 0 aromatic carbocycles. The Hall–Kier alpha value is -1.95. The van der Waals surface area contributed by atoms with Crippen molar-refractivity contribution in [1.82, 2.24) is 15.2 Å². The fourth-order valence-electron chi connectivity index (χ4n) is 3.99. The van der Waals surface area contributed by atoms with E-state index in [1.807, 2.05) is 0 Å². The summed E-state index contributed by atoms with van der Waals surface area (Å²) in [6.45, 7) is 1.81. The van der Waals surface area contributed by atoms with Crippen LogP contribution in [-0.2, 0) is 4.79 Å². The number of hydrogen-bond acceptors (Lipinski definition) is 4. The Kier molecular flexibility index (Phi) is 5.68. The maximum absolute atomic E-state index is 12.6. The van der Waals surface area contributed by atoms with Crippen molar-refractivity contribution in [2.75, 3.05) is 26.2 Å². The first-order valence-electron chi connectivity index (χ1n) is 9.21. The van der Waals surface area contributed by atoms with Crippen LogP contribution in [0.1, 0.15) is 48.9 Å². The Labute approximate surface area is 148 Å². The summed E-state index contributed by atoms with van der Waals surface area (Å²) in [6, 6.07) is 3.41. The van der Waals surface area contributed by atoms with Crippen LogP contribution >= 0.6 is 0 Å². The number of amides is 2. The predicted molar refractivity (Wildman–Crippen MR) is 93.9 cm³/mol. The van der Waals surface area contributed by atoms with Gasteiger partial charge in [0.2, 0.25) is 5.91 Å². The van der Waals surface area contributed by atoms with Gasteiger partial charge >= 0.3 is 0 Å². The number of aliphatic hydroxyl groups excluding tert-OH is 1. The number of nitrogens with one attached hydrogen (secondary N) is 1. The van der Waals surface area contributed by atoms with Gasteiger partial charge in [-0.3, -0.25) is 14.6 Å². The van der Waals surface area contributed by atoms with Crippen molar-refractivity contribution in [2.24, 2.45) is 11.3 Å². The second kappa shape index (κ2) is 7.95. The molecular weight excluding hydrogens is 318 g/mol. The third-order valence-corrected chi connectivity index (χ3v) is 5.64. The van der Waals surface area contributed by atoms with Crippen LogP contribution in [0.5, 0.6) is 0 Å². The zero-order valence-corrected chi connectivity index (χ0v) is 14.6. The number of nitrogens with zero attached hydrogens (tertiary/aromatic N) is 2. The average Bonchev–Trinajstić information content (AvgIpc) is 3.16. The Morgan fingerprint density at radius 2 is 1.96 bits per heavy atom. The van der Waals surface area contributed by atoms with Crippen LogP contribution in [0.15, 0.2) is 24.5 Å². The van der Waals surface area contributed by atoms with E-state index in [2.05, 4.69) is 10.3 Å². The van der Waals surface area contributed by atoms with Crippen molar-refractivity contribution in [3.63, 3.8) is 0 Å². The lowest BCUT2D eigenvalue weighted by Gasteiger charge is -2.33. The summed E-state index contributed by atoms with van der Waals surface area (Å²) in [6.07, 6.45) is 9.04. The number of aromatic nitrogens is 1. The highest BCUT2D eigenvalue weighted by molar-refractivity contribution is 5.94. The first kappa shape index (κ1) is 17.9. The lowest BCUT2D eigenvalue weighted by molar-refractivity contribution is -0.127.